The number of rotatable bonds is 15. The number of carbonyl (C=O) groups is 1. The summed E-state index contributed by atoms with van der Waals surface area (Å²) in [7, 11) is 3.52. The van der Waals surface area contributed by atoms with Crippen molar-refractivity contribution < 1.29 is 9.90 Å². The maximum absolute atomic E-state index is 10.3. The molecule has 0 aliphatic heterocycles. The molecule has 0 rings (SSSR count). The lowest BCUT2D eigenvalue weighted by Gasteiger charge is -2.02. The smallest absolute Gasteiger partial charge is 0.304 e. The maximum atomic E-state index is 10.3. The highest BCUT2D eigenvalue weighted by molar-refractivity contribution is 8.76. The van der Waals surface area contributed by atoms with E-state index in [1.54, 1.807) is 10.8 Å². The second-order valence-corrected chi connectivity index (χ2v) is 7.67. The molecule has 0 radical (unpaired) electrons. The summed E-state index contributed by atoms with van der Waals surface area (Å²) < 4.78 is 0. The number of carboxylic acid groups (broad SMARTS) is 1. The molecule has 0 amide bonds. The first kappa shape index (κ1) is 19.2. The van der Waals surface area contributed by atoms with Crippen LogP contribution in [0.4, 0.5) is 0 Å². The summed E-state index contributed by atoms with van der Waals surface area (Å²) >= 11 is 0. The molecule has 0 aromatic heterocycles. The second-order valence-electron chi connectivity index (χ2n) is 4.97. The minimum Gasteiger partial charge on any atom is -0.481 e. The summed E-state index contributed by atoms with van der Waals surface area (Å²) in [6.07, 6.45) is 14.1. The molecule has 114 valence electrons. The Bertz CT molecular complexity index is 199. The molecule has 1 N–H and O–H groups in total. The largest absolute Gasteiger partial charge is 0.481 e. The van der Waals surface area contributed by atoms with Crippen molar-refractivity contribution in [1.82, 2.24) is 0 Å². The number of aliphatic carboxylic acids is 1. The highest BCUT2D eigenvalue weighted by atomic mass is 33.1. The van der Waals surface area contributed by atoms with Crippen molar-refractivity contribution in [3.63, 3.8) is 0 Å². The zero-order valence-corrected chi connectivity index (χ0v) is 14.0. The summed E-state index contributed by atoms with van der Waals surface area (Å²) in [5.74, 6) is 1.21. The third kappa shape index (κ3) is 18.2. The molecule has 4 heteroatoms. The van der Waals surface area contributed by atoms with E-state index in [0.29, 0.717) is 0 Å². The van der Waals surface area contributed by atoms with Gasteiger partial charge in [0.25, 0.3) is 0 Å². The van der Waals surface area contributed by atoms with Gasteiger partial charge < -0.3 is 5.11 Å². The number of hydrogen-bond acceptors (Lipinski definition) is 3. The lowest BCUT2D eigenvalue weighted by molar-refractivity contribution is -0.136. The Morgan fingerprint density at radius 1 is 0.789 bits per heavy atom. The summed E-state index contributed by atoms with van der Waals surface area (Å²) in [6, 6.07) is 0. The lowest BCUT2D eigenvalue weighted by Crippen LogP contribution is -1.94. The van der Waals surface area contributed by atoms with Crippen LogP contribution in [0.15, 0.2) is 0 Å². The minimum atomic E-state index is -0.688. The monoisotopic (exact) mass is 306 g/mol. The van der Waals surface area contributed by atoms with Crippen LogP contribution >= 0.6 is 21.6 Å². The zero-order valence-electron chi connectivity index (χ0n) is 12.4. The molecule has 0 aromatic rings. The van der Waals surface area contributed by atoms with E-state index < -0.39 is 5.97 Å². The molecule has 0 unspecified atom stereocenters. The van der Waals surface area contributed by atoms with Crippen molar-refractivity contribution in [2.75, 3.05) is 11.5 Å². The van der Waals surface area contributed by atoms with Crippen molar-refractivity contribution >= 4 is 27.6 Å². The van der Waals surface area contributed by atoms with Crippen molar-refractivity contribution in [2.45, 2.75) is 77.6 Å². The normalized spacial score (nSPS) is 10.8. The molecule has 0 saturated heterocycles. The quantitative estimate of drug-likeness (QED) is 0.308. The van der Waals surface area contributed by atoms with E-state index in [2.05, 4.69) is 6.92 Å². The Morgan fingerprint density at radius 2 is 1.26 bits per heavy atom. The highest BCUT2D eigenvalue weighted by Gasteiger charge is 1.97. The Morgan fingerprint density at radius 3 is 1.79 bits per heavy atom. The second kappa shape index (κ2) is 16.2. The van der Waals surface area contributed by atoms with Crippen molar-refractivity contribution in [3.8, 4) is 0 Å². The van der Waals surface area contributed by atoms with E-state index in [9.17, 15) is 4.79 Å². The Labute approximate surface area is 126 Å². The van der Waals surface area contributed by atoms with Crippen LogP contribution in [0.1, 0.15) is 77.6 Å². The third-order valence-electron chi connectivity index (χ3n) is 3.06. The fraction of sp³-hybridized carbons (Fsp3) is 0.933. The Balaban J connectivity index is 2.93. The molecule has 19 heavy (non-hydrogen) atoms. The van der Waals surface area contributed by atoms with Gasteiger partial charge in [0.2, 0.25) is 0 Å². The van der Waals surface area contributed by atoms with Crippen molar-refractivity contribution in [1.29, 1.82) is 0 Å². The number of carboxylic acids is 1. The predicted octanol–water partition coefficient (Wildman–Crippen LogP) is 5.76. The molecule has 0 aliphatic carbocycles. The van der Waals surface area contributed by atoms with E-state index in [1.807, 2.05) is 10.8 Å². The van der Waals surface area contributed by atoms with Crippen LogP contribution in [0.2, 0.25) is 0 Å². The van der Waals surface area contributed by atoms with Crippen LogP contribution in [0.3, 0.4) is 0 Å². The van der Waals surface area contributed by atoms with E-state index in [1.165, 1.54) is 70.0 Å². The third-order valence-corrected chi connectivity index (χ3v) is 5.56. The van der Waals surface area contributed by atoms with Gasteiger partial charge in [-0.05, 0) is 6.42 Å². The van der Waals surface area contributed by atoms with Gasteiger partial charge in [0.15, 0.2) is 0 Å². The van der Waals surface area contributed by atoms with Gasteiger partial charge in [0.1, 0.15) is 0 Å². The van der Waals surface area contributed by atoms with Gasteiger partial charge in [-0.25, -0.2) is 0 Å². The fourth-order valence-corrected chi connectivity index (χ4v) is 4.02. The van der Waals surface area contributed by atoms with E-state index in [0.717, 1.165) is 5.75 Å². The average Bonchev–Trinajstić information content (AvgIpc) is 2.39. The van der Waals surface area contributed by atoms with Gasteiger partial charge in [-0.1, -0.05) is 86.3 Å². The van der Waals surface area contributed by atoms with Crippen LogP contribution < -0.4 is 0 Å². The van der Waals surface area contributed by atoms with Crippen LogP contribution in [0, 0.1) is 0 Å². The Hall–Kier alpha value is 0.170. The topological polar surface area (TPSA) is 37.3 Å². The van der Waals surface area contributed by atoms with Gasteiger partial charge in [0.05, 0.1) is 6.42 Å². The predicted molar refractivity (Wildman–Crippen MR) is 89.0 cm³/mol. The molecule has 0 heterocycles. The molecular weight excluding hydrogens is 276 g/mol. The van der Waals surface area contributed by atoms with Crippen LogP contribution in [0.25, 0.3) is 0 Å². The van der Waals surface area contributed by atoms with Crippen molar-refractivity contribution in [2.24, 2.45) is 0 Å². The standard InChI is InChI=1S/C15H30O2S2/c1-2-3-4-5-6-7-8-9-10-11-13-18-19-14-12-15(16)17/h2-14H2,1H3,(H,16,17). The first-order valence-corrected chi connectivity index (χ1v) is 10.2. The molecule has 0 bridgehead atoms. The van der Waals surface area contributed by atoms with Gasteiger partial charge >= 0.3 is 5.97 Å². The number of hydrogen-bond donors (Lipinski definition) is 1. The SMILES string of the molecule is CCCCCCCCCCCCSSCCC(=O)O. The summed E-state index contributed by atoms with van der Waals surface area (Å²) in [5.41, 5.74) is 0. The molecule has 2 nitrogen and oxygen atoms in total. The molecule has 0 saturated carbocycles. The maximum Gasteiger partial charge on any atom is 0.304 e. The zero-order chi connectivity index (χ0) is 14.2. The van der Waals surface area contributed by atoms with Crippen molar-refractivity contribution in [3.05, 3.63) is 0 Å². The van der Waals surface area contributed by atoms with Gasteiger partial charge in [-0.3, -0.25) is 4.79 Å². The highest BCUT2D eigenvalue weighted by Crippen LogP contribution is 2.23. The van der Waals surface area contributed by atoms with Crippen LogP contribution in [-0.2, 0) is 4.79 Å². The van der Waals surface area contributed by atoms with Crippen LogP contribution in [-0.4, -0.2) is 22.6 Å². The molecule has 0 atom stereocenters. The number of unbranched alkanes of at least 4 members (excludes halogenated alkanes) is 9. The van der Waals surface area contributed by atoms with Gasteiger partial charge in [-0.2, -0.15) is 0 Å². The van der Waals surface area contributed by atoms with Gasteiger partial charge in [0, 0.05) is 11.5 Å². The molecule has 0 fully saturated rings. The summed E-state index contributed by atoms with van der Waals surface area (Å²) in [4.78, 5) is 10.3. The first-order chi connectivity index (χ1) is 9.27. The molecule has 0 aromatic carbocycles. The van der Waals surface area contributed by atoms with Crippen LogP contribution in [0.5, 0.6) is 0 Å². The Kier molecular flexibility index (Phi) is 16.4. The average molecular weight is 307 g/mol. The van der Waals surface area contributed by atoms with E-state index in [-0.39, 0.29) is 6.42 Å². The van der Waals surface area contributed by atoms with Gasteiger partial charge in [-0.15, -0.1) is 0 Å². The van der Waals surface area contributed by atoms with E-state index in [4.69, 9.17) is 5.11 Å². The molecule has 0 aliphatic rings. The fourth-order valence-electron chi connectivity index (χ4n) is 1.90. The molecular formula is C15H30O2S2. The summed E-state index contributed by atoms with van der Waals surface area (Å²) in [6.45, 7) is 2.26. The first-order valence-electron chi connectivity index (χ1n) is 7.73. The lowest BCUT2D eigenvalue weighted by atomic mass is 10.1. The molecule has 0 spiro atoms. The van der Waals surface area contributed by atoms with E-state index >= 15 is 0 Å². The minimum absolute atomic E-state index is 0.287. The summed E-state index contributed by atoms with van der Waals surface area (Å²) in [5, 5.41) is 8.48.